The fraction of sp³-hybridized carbons (Fsp3) is 0.647. The number of rotatable bonds is 5. The van der Waals surface area contributed by atoms with E-state index in [-0.39, 0.29) is 5.60 Å². The lowest BCUT2D eigenvalue weighted by atomic mass is 9.85. The Labute approximate surface area is 136 Å². The summed E-state index contributed by atoms with van der Waals surface area (Å²) in [6.45, 7) is 7.64. The molecule has 2 rings (SSSR count). The zero-order valence-electron chi connectivity index (χ0n) is 12.8. The van der Waals surface area contributed by atoms with E-state index in [4.69, 9.17) is 4.74 Å². The highest BCUT2D eigenvalue weighted by atomic mass is 127. The third-order valence-electron chi connectivity index (χ3n) is 4.64. The zero-order valence-corrected chi connectivity index (χ0v) is 14.9. The van der Waals surface area contributed by atoms with Gasteiger partial charge in [0, 0.05) is 22.3 Å². The van der Waals surface area contributed by atoms with Crippen molar-refractivity contribution in [2.24, 2.45) is 0 Å². The monoisotopic (exact) mass is 387 g/mol. The van der Waals surface area contributed by atoms with E-state index in [0.717, 1.165) is 32.3 Å². The number of halogens is 1. The largest absolute Gasteiger partial charge is 0.375 e. The molecule has 0 amide bonds. The van der Waals surface area contributed by atoms with E-state index >= 15 is 0 Å². The predicted molar refractivity (Wildman–Crippen MR) is 93.0 cm³/mol. The van der Waals surface area contributed by atoms with Gasteiger partial charge in [0.1, 0.15) is 0 Å². The lowest BCUT2D eigenvalue weighted by molar-refractivity contribution is -0.0939. The van der Waals surface area contributed by atoms with Crippen LogP contribution in [0.2, 0.25) is 0 Å². The number of nitrogens with one attached hydrogen (secondary N) is 1. The molecular weight excluding hydrogens is 361 g/mol. The van der Waals surface area contributed by atoms with Crippen molar-refractivity contribution < 1.29 is 4.74 Å². The quantitative estimate of drug-likeness (QED) is 0.741. The van der Waals surface area contributed by atoms with Crippen LogP contribution in [0.15, 0.2) is 24.3 Å². The van der Waals surface area contributed by atoms with Crippen molar-refractivity contribution >= 4 is 22.6 Å². The van der Waals surface area contributed by atoms with Crippen LogP contribution < -0.4 is 5.32 Å². The van der Waals surface area contributed by atoms with Gasteiger partial charge in [0.2, 0.25) is 0 Å². The summed E-state index contributed by atoms with van der Waals surface area (Å²) in [4.78, 5) is 0. The van der Waals surface area contributed by atoms with Gasteiger partial charge in [0.15, 0.2) is 0 Å². The Hall–Kier alpha value is -0.130. The molecule has 1 aliphatic heterocycles. The van der Waals surface area contributed by atoms with Crippen LogP contribution in [0, 0.1) is 3.57 Å². The second-order valence-electron chi connectivity index (χ2n) is 5.87. The minimum Gasteiger partial charge on any atom is -0.375 e. The summed E-state index contributed by atoms with van der Waals surface area (Å²) in [7, 11) is 0. The molecule has 0 radical (unpaired) electrons. The molecule has 2 nitrogen and oxygen atoms in total. The highest BCUT2D eigenvalue weighted by Gasteiger charge is 2.34. The van der Waals surface area contributed by atoms with Crippen LogP contribution in [0.1, 0.15) is 58.1 Å². The summed E-state index contributed by atoms with van der Waals surface area (Å²) < 4.78 is 7.35. The minimum atomic E-state index is 0.0989. The van der Waals surface area contributed by atoms with Gasteiger partial charge in [-0.15, -0.1) is 0 Å². The van der Waals surface area contributed by atoms with E-state index in [1.807, 2.05) is 0 Å². The Morgan fingerprint density at radius 3 is 2.55 bits per heavy atom. The second-order valence-corrected chi connectivity index (χ2v) is 7.11. The van der Waals surface area contributed by atoms with Gasteiger partial charge >= 0.3 is 0 Å². The van der Waals surface area contributed by atoms with Crippen molar-refractivity contribution in [1.82, 2.24) is 5.32 Å². The molecule has 2 atom stereocenters. The van der Waals surface area contributed by atoms with Crippen molar-refractivity contribution in [3.63, 3.8) is 0 Å². The standard InChI is InChI=1S/C17H26INO/c1-4-17(5-2)12-16(10-11-20-17)19-13(3)14-6-8-15(18)9-7-14/h6-9,13,16,19H,4-5,10-12H2,1-3H3. The molecule has 1 aliphatic rings. The van der Waals surface area contributed by atoms with Gasteiger partial charge < -0.3 is 10.1 Å². The summed E-state index contributed by atoms with van der Waals surface area (Å²) in [5.41, 5.74) is 1.47. The molecule has 1 aromatic rings. The summed E-state index contributed by atoms with van der Waals surface area (Å²) >= 11 is 2.35. The molecule has 1 N–H and O–H groups in total. The van der Waals surface area contributed by atoms with Crippen LogP contribution in [0.25, 0.3) is 0 Å². The molecule has 1 fully saturated rings. The summed E-state index contributed by atoms with van der Waals surface area (Å²) in [5, 5.41) is 3.80. The van der Waals surface area contributed by atoms with Gasteiger partial charge in [-0.3, -0.25) is 0 Å². The third kappa shape index (κ3) is 3.95. The lowest BCUT2D eigenvalue weighted by Crippen LogP contribution is -2.47. The van der Waals surface area contributed by atoms with Gasteiger partial charge in [-0.1, -0.05) is 26.0 Å². The Morgan fingerprint density at radius 2 is 1.95 bits per heavy atom. The van der Waals surface area contributed by atoms with Crippen LogP contribution in [-0.4, -0.2) is 18.2 Å². The Balaban J connectivity index is 1.97. The molecule has 2 unspecified atom stereocenters. The Bertz CT molecular complexity index is 414. The van der Waals surface area contributed by atoms with Crippen molar-refractivity contribution in [2.45, 2.75) is 64.1 Å². The summed E-state index contributed by atoms with van der Waals surface area (Å²) in [6.07, 6.45) is 4.48. The maximum atomic E-state index is 6.06. The van der Waals surface area contributed by atoms with Gasteiger partial charge in [0.05, 0.1) is 5.60 Å². The number of hydrogen-bond donors (Lipinski definition) is 1. The first kappa shape index (κ1) is 16.2. The summed E-state index contributed by atoms with van der Waals surface area (Å²) in [5.74, 6) is 0. The van der Waals surface area contributed by atoms with E-state index in [1.165, 1.54) is 9.13 Å². The van der Waals surface area contributed by atoms with Crippen molar-refractivity contribution in [2.75, 3.05) is 6.61 Å². The molecule has 20 heavy (non-hydrogen) atoms. The third-order valence-corrected chi connectivity index (χ3v) is 5.36. The molecule has 1 aromatic carbocycles. The van der Waals surface area contributed by atoms with E-state index in [1.54, 1.807) is 0 Å². The number of benzene rings is 1. The lowest BCUT2D eigenvalue weighted by Gasteiger charge is -2.41. The normalized spacial score (nSPS) is 23.5. The molecular formula is C17H26INO. The number of hydrogen-bond acceptors (Lipinski definition) is 2. The molecule has 112 valence electrons. The zero-order chi connectivity index (χ0) is 14.6. The fourth-order valence-electron chi connectivity index (χ4n) is 3.11. The average Bonchev–Trinajstić information content (AvgIpc) is 2.48. The van der Waals surface area contributed by atoms with Crippen LogP contribution in [0.3, 0.4) is 0 Å². The fourth-order valence-corrected chi connectivity index (χ4v) is 3.47. The Kier molecular flexibility index (Phi) is 5.87. The molecule has 0 spiro atoms. The van der Waals surface area contributed by atoms with E-state index < -0.39 is 0 Å². The van der Waals surface area contributed by atoms with E-state index in [2.05, 4.69) is 72.9 Å². The SMILES string of the molecule is CCC1(CC)CC(NC(C)c2ccc(I)cc2)CCO1. The van der Waals surface area contributed by atoms with Gasteiger partial charge in [0.25, 0.3) is 0 Å². The summed E-state index contributed by atoms with van der Waals surface area (Å²) in [6, 6.07) is 9.79. The first-order valence-corrected chi connectivity index (χ1v) is 8.82. The predicted octanol–water partition coefficient (Wildman–Crippen LogP) is 4.68. The van der Waals surface area contributed by atoms with E-state index in [0.29, 0.717) is 12.1 Å². The van der Waals surface area contributed by atoms with Gasteiger partial charge in [-0.05, 0) is 72.9 Å². The molecule has 1 heterocycles. The van der Waals surface area contributed by atoms with E-state index in [9.17, 15) is 0 Å². The molecule has 3 heteroatoms. The average molecular weight is 387 g/mol. The Morgan fingerprint density at radius 1 is 1.30 bits per heavy atom. The molecule has 0 bridgehead atoms. The maximum absolute atomic E-state index is 6.06. The first-order chi connectivity index (χ1) is 9.58. The molecule has 0 saturated carbocycles. The maximum Gasteiger partial charge on any atom is 0.0692 e. The smallest absolute Gasteiger partial charge is 0.0692 e. The topological polar surface area (TPSA) is 21.3 Å². The van der Waals surface area contributed by atoms with Gasteiger partial charge in [-0.25, -0.2) is 0 Å². The van der Waals surface area contributed by atoms with Crippen LogP contribution >= 0.6 is 22.6 Å². The first-order valence-electron chi connectivity index (χ1n) is 7.74. The molecule has 1 saturated heterocycles. The van der Waals surface area contributed by atoms with Crippen LogP contribution in [0.4, 0.5) is 0 Å². The highest BCUT2D eigenvalue weighted by molar-refractivity contribution is 14.1. The molecule has 0 aromatic heterocycles. The second kappa shape index (κ2) is 7.23. The van der Waals surface area contributed by atoms with Crippen molar-refractivity contribution in [3.8, 4) is 0 Å². The minimum absolute atomic E-state index is 0.0989. The number of ether oxygens (including phenoxy) is 1. The highest BCUT2D eigenvalue weighted by Crippen LogP contribution is 2.32. The van der Waals surface area contributed by atoms with Crippen LogP contribution in [-0.2, 0) is 4.74 Å². The van der Waals surface area contributed by atoms with Gasteiger partial charge in [-0.2, -0.15) is 0 Å². The molecule has 0 aliphatic carbocycles. The van der Waals surface area contributed by atoms with Crippen LogP contribution in [0.5, 0.6) is 0 Å². The van der Waals surface area contributed by atoms with Crippen molar-refractivity contribution in [3.05, 3.63) is 33.4 Å². The van der Waals surface area contributed by atoms with Crippen molar-refractivity contribution in [1.29, 1.82) is 0 Å².